The Morgan fingerprint density at radius 3 is 2.46 bits per heavy atom. The van der Waals surface area contributed by atoms with E-state index < -0.39 is 0 Å². The first-order valence-electron chi connectivity index (χ1n) is 4.02. The standard InChI is InChI=1S/C11H8Cl2/c1-7-4-8-2-3-10(12)5-9(8)6-11(7)13/h2-6H,1H3. The van der Waals surface area contributed by atoms with Crippen molar-refractivity contribution in [3.63, 3.8) is 0 Å². The molecule has 0 heterocycles. The van der Waals surface area contributed by atoms with E-state index in [1.807, 2.05) is 31.2 Å². The largest absolute Gasteiger partial charge is 0.0843 e. The van der Waals surface area contributed by atoms with Crippen LogP contribution >= 0.6 is 23.2 Å². The Balaban J connectivity index is 2.81. The van der Waals surface area contributed by atoms with Crippen LogP contribution in [0.2, 0.25) is 10.0 Å². The first kappa shape index (κ1) is 8.86. The molecule has 0 aliphatic heterocycles. The van der Waals surface area contributed by atoms with Crippen LogP contribution in [-0.2, 0) is 0 Å². The molecule has 0 bridgehead atoms. The number of aryl methyl sites for hydroxylation is 1. The lowest BCUT2D eigenvalue weighted by Gasteiger charge is -2.02. The molecule has 13 heavy (non-hydrogen) atoms. The van der Waals surface area contributed by atoms with Gasteiger partial charge in [-0.1, -0.05) is 29.3 Å². The summed E-state index contributed by atoms with van der Waals surface area (Å²) in [4.78, 5) is 0. The maximum atomic E-state index is 6.00. The average Bonchev–Trinajstić information content (AvgIpc) is 2.08. The molecule has 0 saturated heterocycles. The van der Waals surface area contributed by atoms with Crippen LogP contribution in [0.15, 0.2) is 30.3 Å². The topological polar surface area (TPSA) is 0 Å². The van der Waals surface area contributed by atoms with Crippen molar-refractivity contribution in [1.29, 1.82) is 0 Å². The highest BCUT2D eigenvalue weighted by Gasteiger charge is 1.99. The maximum absolute atomic E-state index is 6.00. The summed E-state index contributed by atoms with van der Waals surface area (Å²) in [5.74, 6) is 0. The molecule has 0 N–H and O–H groups in total. The highest BCUT2D eigenvalue weighted by Crippen LogP contribution is 2.25. The Labute approximate surface area is 87.1 Å². The van der Waals surface area contributed by atoms with Gasteiger partial charge in [-0.05, 0) is 47.5 Å². The van der Waals surface area contributed by atoms with E-state index in [4.69, 9.17) is 23.2 Å². The van der Waals surface area contributed by atoms with Crippen LogP contribution in [0.5, 0.6) is 0 Å². The predicted octanol–water partition coefficient (Wildman–Crippen LogP) is 4.46. The highest BCUT2D eigenvalue weighted by molar-refractivity contribution is 6.33. The Morgan fingerprint density at radius 2 is 1.69 bits per heavy atom. The molecule has 0 spiro atoms. The van der Waals surface area contributed by atoms with Crippen LogP contribution in [0.25, 0.3) is 10.8 Å². The molecule has 2 heteroatoms. The highest BCUT2D eigenvalue weighted by atomic mass is 35.5. The monoisotopic (exact) mass is 210 g/mol. The summed E-state index contributed by atoms with van der Waals surface area (Å²) in [5.41, 5.74) is 1.09. The molecule has 0 amide bonds. The van der Waals surface area contributed by atoms with E-state index in [-0.39, 0.29) is 0 Å². The minimum atomic E-state index is 0.743. The summed E-state index contributed by atoms with van der Waals surface area (Å²) in [5, 5.41) is 3.79. The third-order valence-electron chi connectivity index (χ3n) is 2.08. The van der Waals surface area contributed by atoms with Gasteiger partial charge in [-0.25, -0.2) is 0 Å². The fourth-order valence-electron chi connectivity index (χ4n) is 1.35. The van der Waals surface area contributed by atoms with Gasteiger partial charge in [-0.2, -0.15) is 0 Å². The van der Waals surface area contributed by atoms with Gasteiger partial charge in [0, 0.05) is 10.0 Å². The Hall–Kier alpha value is -0.720. The van der Waals surface area contributed by atoms with E-state index in [1.54, 1.807) is 0 Å². The molecule has 0 unspecified atom stereocenters. The van der Waals surface area contributed by atoms with Crippen LogP contribution in [0.1, 0.15) is 5.56 Å². The first-order chi connectivity index (χ1) is 6.16. The van der Waals surface area contributed by atoms with Crippen molar-refractivity contribution in [2.24, 2.45) is 0 Å². The lowest BCUT2D eigenvalue weighted by atomic mass is 10.1. The van der Waals surface area contributed by atoms with Crippen molar-refractivity contribution in [3.05, 3.63) is 45.9 Å². The Bertz CT molecular complexity index is 461. The quantitative estimate of drug-likeness (QED) is 0.603. The SMILES string of the molecule is Cc1cc2ccc(Cl)cc2cc1Cl. The molecular weight excluding hydrogens is 203 g/mol. The van der Waals surface area contributed by atoms with E-state index in [2.05, 4.69) is 6.07 Å². The Kier molecular flexibility index (Phi) is 2.19. The van der Waals surface area contributed by atoms with Crippen LogP contribution in [0, 0.1) is 6.92 Å². The fraction of sp³-hybridized carbons (Fsp3) is 0.0909. The summed E-state index contributed by atoms with van der Waals surface area (Å²) >= 11 is 11.9. The smallest absolute Gasteiger partial charge is 0.0441 e. The van der Waals surface area contributed by atoms with Crippen molar-refractivity contribution in [2.45, 2.75) is 6.92 Å². The lowest BCUT2D eigenvalue weighted by Crippen LogP contribution is -1.77. The van der Waals surface area contributed by atoms with Crippen LogP contribution < -0.4 is 0 Å². The van der Waals surface area contributed by atoms with Crippen LogP contribution in [0.3, 0.4) is 0 Å². The molecule has 0 aromatic heterocycles. The molecule has 0 radical (unpaired) electrons. The molecule has 0 nitrogen and oxygen atoms in total. The number of hydrogen-bond donors (Lipinski definition) is 0. The number of benzene rings is 2. The molecule has 0 aliphatic carbocycles. The molecule has 0 aliphatic rings. The van der Waals surface area contributed by atoms with Crippen LogP contribution in [-0.4, -0.2) is 0 Å². The minimum absolute atomic E-state index is 0.743. The van der Waals surface area contributed by atoms with Crippen molar-refractivity contribution in [2.75, 3.05) is 0 Å². The zero-order valence-electron chi connectivity index (χ0n) is 7.14. The van der Waals surface area contributed by atoms with Gasteiger partial charge < -0.3 is 0 Å². The third-order valence-corrected chi connectivity index (χ3v) is 2.72. The zero-order valence-corrected chi connectivity index (χ0v) is 8.65. The van der Waals surface area contributed by atoms with Crippen molar-refractivity contribution in [3.8, 4) is 0 Å². The molecule has 0 fully saturated rings. The lowest BCUT2D eigenvalue weighted by molar-refractivity contribution is 1.50. The molecule has 0 saturated carbocycles. The normalized spacial score (nSPS) is 10.7. The number of fused-ring (bicyclic) bond motifs is 1. The van der Waals surface area contributed by atoms with E-state index in [1.165, 1.54) is 5.39 Å². The van der Waals surface area contributed by atoms with Crippen molar-refractivity contribution in [1.82, 2.24) is 0 Å². The second kappa shape index (κ2) is 3.21. The van der Waals surface area contributed by atoms with Gasteiger partial charge in [-0.3, -0.25) is 0 Å². The summed E-state index contributed by atoms with van der Waals surface area (Å²) in [7, 11) is 0. The molecule has 66 valence electrons. The maximum Gasteiger partial charge on any atom is 0.0441 e. The second-order valence-corrected chi connectivity index (χ2v) is 3.94. The van der Waals surface area contributed by atoms with E-state index in [0.29, 0.717) is 0 Å². The van der Waals surface area contributed by atoms with Gasteiger partial charge in [0.2, 0.25) is 0 Å². The third kappa shape index (κ3) is 1.65. The van der Waals surface area contributed by atoms with Gasteiger partial charge in [0.05, 0.1) is 0 Å². The summed E-state index contributed by atoms with van der Waals surface area (Å²) in [6, 6.07) is 9.81. The first-order valence-corrected chi connectivity index (χ1v) is 4.78. The zero-order chi connectivity index (χ0) is 9.42. The number of hydrogen-bond acceptors (Lipinski definition) is 0. The van der Waals surface area contributed by atoms with Crippen molar-refractivity contribution >= 4 is 34.0 Å². The van der Waals surface area contributed by atoms with Gasteiger partial charge in [0.15, 0.2) is 0 Å². The summed E-state index contributed by atoms with van der Waals surface area (Å²) in [6.07, 6.45) is 0. The Morgan fingerprint density at radius 1 is 0.923 bits per heavy atom. The second-order valence-electron chi connectivity index (χ2n) is 3.09. The molecule has 0 atom stereocenters. The molecule has 2 aromatic rings. The summed E-state index contributed by atoms with van der Waals surface area (Å²) in [6.45, 7) is 2.00. The summed E-state index contributed by atoms with van der Waals surface area (Å²) < 4.78 is 0. The number of rotatable bonds is 0. The van der Waals surface area contributed by atoms with Gasteiger partial charge in [0.25, 0.3) is 0 Å². The predicted molar refractivity (Wildman–Crippen MR) is 58.7 cm³/mol. The van der Waals surface area contributed by atoms with Gasteiger partial charge in [0.1, 0.15) is 0 Å². The van der Waals surface area contributed by atoms with E-state index in [0.717, 1.165) is 21.0 Å². The molecule has 2 aromatic carbocycles. The molecular formula is C11H8Cl2. The van der Waals surface area contributed by atoms with Crippen LogP contribution in [0.4, 0.5) is 0 Å². The molecule has 2 rings (SSSR count). The van der Waals surface area contributed by atoms with Crippen molar-refractivity contribution < 1.29 is 0 Å². The number of halogens is 2. The van der Waals surface area contributed by atoms with E-state index in [9.17, 15) is 0 Å². The average molecular weight is 211 g/mol. The van der Waals surface area contributed by atoms with Gasteiger partial charge >= 0.3 is 0 Å². The van der Waals surface area contributed by atoms with Gasteiger partial charge in [-0.15, -0.1) is 0 Å². The van der Waals surface area contributed by atoms with E-state index >= 15 is 0 Å². The fourth-order valence-corrected chi connectivity index (χ4v) is 1.71. The minimum Gasteiger partial charge on any atom is -0.0843 e.